The molecule has 12 aromatic heterocycles. The number of hydrogen-bond acceptors (Lipinski definition) is 14. The summed E-state index contributed by atoms with van der Waals surface area (Å²) in [6.07, 6.45) is 38.0. The zero-order chi connectivity index (χ0) is 80.7. The van der Waals surface area contributed by atoms with Gasteiger partial charge in [0.25, 0.3) is 35.4 Å². The number of carbonyl (C=O) groups excluding carboxylic acids is 6. The monoisotopic (exact) mass is 1560 g/mol. The zero-order valence-corrected chi connectivity index (χ0v) is 65.5. The van der Waals surface area contributed by atoms with Gasteiger partial charge in [0.2, 0.25) is 0 Å². The zero-order valence-electron chi connectivity index (χ0n) is 65.5. The maximum Gasteiger partial charge on any atom is 0.254 e. The molecule has 4 fully saturated rings. The number of nitrogens with one attached hydrogen (secondary N) is 5. The molecule has 28 nitrogen and oxygen atoms in total. The summed E-state index contributed by atoms with van der Waals surface area (Å²) in [6, 6.07) is 43.3. The van der Waals surface area contributed by atoms with Crippen LogP contribution in [0.5, 0.6) is 0 Å². The highest BCUT2D eigenvalue weighted by Gasteiger charge is 2.29. The highest BCUT2D eigenvalue weighted by molar-refractivity contribution is 5.99. The molecular formula is C89H84N22O6. The van der Waals surface area contributed by atoms with Crippen LogP contribution in [0.3, 0.4) is 0 Å². The molecule has 4 aliphatic rings. The molecule has 0 unspecified atom stereocenters. The Hall–Kier alpha value is -14.7. The van der Waals surface area contributed by atoms with E-state index in [4.69, 9.17) is 0 Å². The minimum absolute atomic E-state index is 0.00655. The van der Waals surface area contributed by atoms with Gasteiger partial charge in [-0.3, -0.25) is 50.9 Å². The number of aryl methyl sites for hydroxylation is 4. The summed E-state index contributed by atoms with van der Waals surface area (Å²) < 4.78 is 14.9. The molecule has 16 aromatic rings. The van der Waals surface area contributed by atoms with Crippen LogP contribution < -0.4 is 26.6 Å². The summed E-state index contributed by atoms with van der Waals surface area (Å²) in [5, 5.41) is 28.3. The van der Waals surface area contributed by atoms with Gasteiger partial charge in [-0.15, -0.1) is 0 Å². The van der Waals surface area contributed by atoms with Crippen molar-refractivity contribution in [3.63, 3.8) is 0 Å². The Bertz CT molecular complexity index is 6340. The highest BCUT2D eigenvalue weighted by Crippen LogP contribution is 2.33. The minimum atomic E-state index is -0.167. The van der Waals surface area contributed by atoms with Crippen LogP contribution in [-0.4, -0.2) is 162 Å². The van der Waals surface area contributed by atoms with Crippen LogP contribution in [0.4, 0.5) is 0 Å². The van der Waals surface area contributed by atoms with E-state index in [2.05, 4.69) is 66.8 Å². The van der Waals surface area contributed by atoms with E-state index in [0.29, 0.717) is 63.4 Å². The number of fused-ring (bicyclic) bond motifs is 4. The van der Waals surface area contributed by atoms with Crippen LogP contribution in [0, 0.1) is 27.7 Å². The molecule has 0 atom stereocenters. The third kappa shape index (κ3) is 16.3. The number of rotatable bonds is 18. The Morgan fingerprint density at radius 1 is 0.350 bits per heavy atom. The number of imidazole rings is 5. The van der Waals surface area contributed by atoms with Crippen molar-refractivity contribution in [3.05, 3.63) is 288 Å². The first kappa shape index (κ1) is 75.0. The Morgan fingerprint density at radius 2 is 0.692 bits per heavy atom. The van der Waals surface area contributed by atoms with Gasteiger partial charge in [-0.25, -0.2) is 39.0 Å². The lowest BCUT2D eigenvalue weighted by Crippen LogP contribution is -2.25. The second-order valence-electron chi connectivity index (χ2n) is 30.2. The first-order chi connectivity index (χ1) is 56.8. The predicted molar refractivity (Wildman–Crippen MR) is 443 cm³/mol. The van der Waals surface area contributed by atoms with Crippen molar-refractivity contribution in [2.75, 3.05) is 21.1 Å². The second kappa shape index (κ2) is 31.7. The summed E-state index contributed by atoms with van der Waals surface area (Å²) in [5.41, 5.74) is 18.8. The fourth-order valence-electron chi connectivity index (χ4n) is 13.7. The van der Waals surface area contributed by atoms with Crippen molar-refractivity contribution in [3.8, 4) is 67.9 Å². The molecule has 0 radical (unpaired) electrons. The fourth-order valence-corrected chi connectivity index (χ4v) is 13.7. The van der Waals surface area contributed by atoms with Gasteiger partial charge in [-0.2, -0.15) is 15.3 Å². The van der Waals surface area contributed by atoms with E-state index in [1.165, 1.54) is 0 Å². The van der Waals surface area contributed by atoms with Crippen LogP contribution in [0.1, 0.15) is 136 Å². The van der Waals surface area contributed by atoms with Crippen molar-refractivity contribution in [2.45, 2.75) is 103 Å². The molecule has 4 saturated carbocycles. The summed E-state index contributed by atoms with van der Waals surface area (Å²) in [7, 11) is 5.05. The van der Waals surface area contributed by atoms with Crippen LogP contribution in [0.2, 0.25) is 0 Å². The van der Waals surface area contributed by atoms with Crippen LogP contribution in [0.25, 0.3) is 90.5 Å². The smallest absolute Gasteiger partial charge is 0.254 e. The van der Waals surface area contributed by atoms with Crippen LogP contribution in [0.15, 0.2) is 233 Å². The lowest BCUT2D eigenvalue weighted by atomic mass is 10.0. The molecule has 6 amide bonds. The number of aromatic nitrogens is 16. The molecule has 4 aliphatic carbocycles. The molecule has 5 N–H and O–H groups in total. The van der Waals surface area contributed by atoms with Gasteiger partial charge in [0.1, 0.15) is 34.7 Å². The van der Waals surface area contributed by atoms with Gasteiger partial charge in [0, 0.05) is 139 Å². The van der Waals surface area contributed by atoms with Crippen molar-refractivity contribution >= 4 is 58.0 Å². The van der Waals surface area contributed by atoms with E-state index < -0.39 is 0 Å². The molecule has 586 valence electrons. The molecule has 20 rings (SSSR count). The number of pyridine rings is 4. The SMILES string of the molecule is CNC(=O)c1ccc2ncc(-n3cc(-c4cc(C(=O)NC5CC5)ccc4C)cn3)n2c1.Cc1ccc(C(=O)NC2CC2)cc1-c1cn(-c2cnc3ccccn23)cn1.Cc1ccc(C(=O)NC2CC2)cc1-c1cnn(-c2cnc3ccc(C(=O)N(C)C)cn23)c1.Cc1ccc(C(=O)NC2CC2)cc1-c1cnn(-c2cnc3ccccn23)c1. The molecule has 28 heteroatoms. The largest absolute Gasteiger partial charge is 0.355 e. The average Bonchev–Trinajstić information content (AvgIpc) is 1.72. The number of nitrogens with zero attached hydrogens (tertiary/aromatic N) is 17. The minimum Gasteiger partial charge on any atom is -0.355 e. The molecule has 117 heavy (non-hydrogen) atoms. The van der Waals surface area contributed by atoms with Gasteiger partial charge in [-0.05, 0) is 215 Å². The lowest BCUT2D eigenvalue weighted by molar-refractivity contribution is 0.0825. The number of amides is 6. The lowest BCUT2D eigenvalue weighted by Gasteiger charge is -2.11. The number of carbonyl (C=O) groups is 6. The fraction of sp³-hybridized carbons (Fsp3) is 0.213. The second-order valence-corrected chi connectivity index (χ2v) is 30.2. The number of benzene rings is 4. The standard InChI is InChI=1S/C24H24N6O2.C23H22N6O2.2C21H19N5O/c1-15-4-5-16(23(31)27-19-7-8-19)10-20(15)18-11-26-30(14-18)22-12-25-21-9-6-17(13-29(21)22)24(32)28(2)3;1-14-3-4-15(23(31)27-18-6-7-18)9-19(14)17-10-26-29(13-17)21-11-25-20-8-5-16(12-28(20)21)22(30)24-2;1-14-5-6-15(21(27)24-17-7-8-17)10-18(14)16-11-23-26(13-16)20-12-22-19-4-2-3-9-25(19)20;1-14-5-6-15(21(27)24-16-7-8-16)10-17(14)18-12-25(13-23-18)20-11-22-19-4-2-3-9-26(19)20/h4-6,9-14,19H,7-8H2,1-3H3,(H,27,31);3-5,8-13,18H,6-7H2,1-2H3,(H,24,30)(H,27,31);2-6,9-13,17H,7-8H2,1H3,(H,24,27);2-6,9-13,16H,7-8H2,1H3,(H,24,27). The molecular weight excluding hydrogens is 1470 g/mol. The summed E-state index contributed by atoms with van der Waals surface area (Å²) >= 11 is 0. The van der Waals surface area contributed by atoms with Gasteiger partial charge in [0.15, 0.2) is 17.5 Å². The predicted octanol–water partition coefficient (Wildman–Crippen LogP) is 12.6. The normalized spacial score (nSPS) is 13.6. The molecule has 0 spiro atoms. The molecule has 4 aromatic carbocycles. The van der Waals surface area contributed by atoms with Gasteiger partial charge in [0.05, 0.1) is 60.2 Å². The van der Waals surface area contributed by atoms with Crippen molar-refractivity contribution in [1.29, 1.82) is 0 Å². The highest BCUT2D eigenvalue weighted by atomic mass is 16.2. The van der Waals surface area contributed by atoms with Crippen LogP contribution >= 0.6 is 0 Å². The molecule has 0 bridgehead atoms. The Balaban J connectivity index is 0.000000112. The third-order valence-corrected chi connectivity index (χ3v) is 21.1. The van der Waals surface area contributed by atoms with E-state index in [1.54, 1.807) is 103 Å². The van der Waals surface area contributed by atoms with Crippen molar-refractivity contribution < 1.29 is 28.8 Å². The van der Waals surface area contributed by atoms with E-state index in [-0.39, 0.29) is 35.4 Å². The Kier molecular flexibility index (Phi) is 20.3. The first-order valence-corrected chi connectivity index (χ1v) is 38.9. The summed E-state index contributed by atoms with van der Waals surface area (Å²) in [4.78, 5) is 97.9. The Morgan fingerprint density at radius 3 is 1.09 bits per heavy atom. The van der Waals surface area contributed by atoms with Crippen molar-refractivity contribution in [1.82, 2.24) is 108 Å². The van der Waals surface area contributed by atoms with Gasteiger partial charge >= 0.3 is 0 Å². The van der Waals surface area contributed by atoms with Gasteiger partial charge in [-0.1, -0.05) is 36.4 Å². The first-order valence-electron chi connectivity index (χ1n) is 38.9. The maximum absolute atomic E-state index is 12.5. The molecule has 12 heterocycles. The quantitative estimate of drug-likeness (QED) is 0.0534. The summed E-state index contributed by atoms with van der Waals surface area (Å²) in [5.74, 6) is 2.88. The average molecular weight is 1560 g/mol. The molecule has 0 saturated heterocycles. The van der Waals surface area contributed by atoms with Crippen LogP contribution in [-0.2, 0) is 0 Å². The van der Waals surface area contributed by atoms with E-state index >= 15 is 0 Å². The summed E-state index contributed by atoms with van der Waals surface area (Å²) in [6.45, 7) is 8.11. The van der Waals surface area contributed by atoms with E-state index in [0.717, 1.165) is 158 Å². The molecule has 0 aliphatic heterocycles. The third-order valence-electron chi connectivity index (χ3n) is 21.1. The number of hydrogen-bond donors (Lipinski definition) is 5. The van der Waals surface area contributed by atoms with Crippen molar-refractivity contribution in [2.24, 2.45) is 0 Å². The van der Waals surface area contributed by atoms with Gasteiger partial charge < -0.3 is 31.5 Å². The van der Waals surface area contributed by atoms with E-state index in [9.17, 15) is 28.8 Å². The Labute approximate surface area is 671 Å². The topological polar surface area (TPSA) is 306 Å². The maximum atomic E-state index is 12.5. The van der Waals surface area contributed by atoms with E-state index in [1.807, 2.05) is 219 Å².